The molecule has 1 unspecified atom stereocenters. The van der Waals surface area contributed by atoms with Gasteiger partial charge >= 0.3 is 0 Å². The summed E-state index contributed by atoms with van der Waals surface area (Å²) in [6.45, 7) is 5.18. The van der Waals surface area contributed by atoms with Crippen LogP contribution in [-0.4, -0.2) is 34.9 Å². The molecule has 0 radical (unpaired) electrons. The van der Waals surface area contributed by atoms with E-state index in [1.807, 2.05) is 44.2 Å². The number of benzene rings is 2. The zero-order valence-electron chi connectivity index (χ0n) is 15.8. The van der Waals surface area contributed by atoms with Crippen LogP contribution >= 0.6 is 24.2 Å². The molecule has 1 fully saturated rings. The zero-order valence-corrected chi connectivity index (χ0v) is 17.5. The minimum absolute atomic E-state index is 0. The maximum Gasteiger partial charge on any atom is 0.270 e. The molecule has 0 spiro atoms. The van der Waals surface area contributed by atoms with Crippen LogP contribution < -0.4 is 5.73 Å². The predicted octanol–water partition coefficient (Wildman–Crippen LogP) is 4.37. The van der Waals surface area contributed by atoms with Gasteiger partial charge in [0.2, 0.25) is 0 Å². The van der Waals surface area contributed by atoms with Gasteiger partial charge in [0, 0.05) is 41.1 Å². The van der Waals surface area contributed by atoms with E-state index in [4.69, 9.17) is 5.73 Å². The maximum atomic E-state index is 13.2. The lowest BCUT2D eigenvalue weighted by Crippen LogP contribution is -2.54. The molecule has 2 N–H and O–H groups in total. The molecule has 2 aromatic rings. The highest BCUT2D eigenvalue weighted by Gasteiger charge is 2.36. The van der Waals surface area contributed by atoms with Crippen LogP contribution in [0.15, 0.2) is 58.3 Å². The normalized spacial score (nSPS) is 18.2. The van der Waals surface area contributed by atoms with Crippen molar-refractivity contribution in [3.8, 4) is 0 Å². The minimum atomic E-state index is -0.468. The summed E-state index contributed by atoms with van der Waals surface area (Å²) in [5, 5.41) is 11.2. The summed E-state index contributed by atoms with van der Waals surface area (Å²) in [4.78, 5) is 27.4. The van der Waals surface area contributed by atoms with Gasteiger partial charge in [-0.3, -0.25) is 14.9 Å². The van der Waals surface area contributed by atoms with Crippen molar-refractivity contribution < 1.29 is 9.72 Å². The van der Waals surface area contributed by atoms with E-state index >= 15 is 0 Å². The molecule has 1 heterocycles. The largest absolute Gasteiger partial charge is 0.338 e. The number of rotatable bonds is 4. The number of nitrogens with zero attached hydrogens (tertiary/aromatic N) is 2. The van der Waals surface area contributed by atoms with Crippen molar-refractivity contribution in [3.63, 3.8) is 0 Å². The highest BCUT2D eigenvalue weighted by Crippen LogP contribution is 2.35. The second-order valence-electron chi connectivity index (χ2n) is 7.46. The van der Waals surface area contributed by atoms with Gasteiger partial charge in [-0.2, -0.15) is 0 Å². The van der Waals surface area contributed by atoms with Crippen molar-refractivity contribution in [2.24, 2.45) is 11.1 Å². The first-order valence-electron chi connectivity index (χ1n) is 8.84. The molecule has 3 rings (SSSR count). The van der Waals surface area contributed by atoms with Crippen LogP contribution in [-0.2, 0) is 0 Å². The number of nitrogens with two attached hydrogens (primary N) is 1. The van der Waals surface area contributed by atoms with Gasteiger partial charge < -0.3 is 10.6 Å². The second-order valence-corrected chi connectivity index (χ2v) is 8.58. The zero-order chi connectivity index (χ0) is 19.6. The third-order valence-corrected chi connectivity index (χ3v) is 6.06. The highest BCUT2D eigenvalue weighted by atomic mass is 35.5. The Morgan fingerprint density at radius 3 is 2.54 bits per heavy atom. The van der Waals surface area contributed by atoms with Crippen LogP contribution in [0, 0.1) is 15.5 Å². The lowest BCUT2D eigenvalue weighted by atomic mass is 9.79. The topological polar surface area (TPSA) is 89.5 Å². The van der Waals surface area contributed by atoms with E-state index in [2.05, 4.69) is 0 Å². The van der Waals surface area contributed by atoms with Crippen LogP contribution in [0.3, 0.4) is 0 Å². The molecule has 1 aliphatic rings. The molecule has 6 nitrogen and oxygen atoms in total. The quantitative estimate of drug-likeness (QED) is 0.584. The van der Waals surface area contributed by atoms with E-state index in [-0.39, 0.29) is 35.5 Å². The van der Waals surface area contributed by atoms with Crippen molar-refractivity contribution in [1.29, 1.82) is 0 Å². The fraction of sp³-hybridized carbons (Fsp3) is 0.350. The van der Waals surface area contributed by atoms with E-state index in [0.29, 0.717) is 23.5 Å². The summed E-state index contributed by atoms with van der Waals surface area (Å²) in [5.74, 6) is -0.183. The molecule has 0 saturated carbocycles. The summed E-state index contributed by atoms with van der Waals surface area (Å²) in [7, 11) is 0. The number of halogens is 1. The van der Waals surface area contributed by atoms with Crippen molar-refractivity contribution >= 4 is 35.8 Å². The Hall–Kier alpha value is -2.09. The fourth-order valence-electron chi connectivity index (χ4n) is 3.22. The van der Waals surface area contributed by atoms with Crippen molar-refractivity contribution in [2.45, 2.75) is 36.1 Å². The van der Waals surface area contributed by atoms with Crippen LogP contribution in [0.1, 0.15) is 30.6 Å². The molecular weight excluding hydrogens is 398 g/mol. The van der Waals surface area contributed by atoms with Gasteiger partial charge in [0.15, 0.2) is 0 Å². The Morgan fingerprint density at radius 2 is 1.93 bits per heavy atom. The monoisotopic (exact) mass is 421 g/mol. The minimum Gasteiger partial charge on any atom is -0.338 e. The van der Waals surface area contributed by atoms with Crippen molar-refractivity contribution in [3.05, 3.63) is 64.2 Å². The summed E-state index contributed by atoms with van der Waals surface area (Å²) in [6, 6.07) is 14.2. The van der Waals surface area contributed by atoms with Gasteiger partial charge in [0.1, 0.15) is 0 Å². The Kier molecular flexibility index (Phi) is 7.09. The number of amides is 1. The third-order valence-electron chi connectivity index (χ3n) is 4.97. The molecule has 28 heavy (non-hydrogen) atoms. The number of likely N-dealkylation sites (tertiary alicyclic amines) is 1. The van der Waals surface area contributed by atoms with Crippen molar-refractivity contribution in [2.75, 3.05) is 13.1 Å². The average molecular weight is 422 g/mol. The standard InChI is InChI=1S/C20H23N3O3S.ClH/c1-20(2)13-22(11-10-18(20)21)19(24)16-12-14(23(25)26)8-9-17(16)27-15-6-4-3-5-7-15;/h3-9,12,18H,10-11,13,21H2,1-2H3;1H. The number of carbonyl (C=O) groups excluding carboxylic acids is 1. The van der Waals surface area contributed by atoms with E-state index in [1.54, 1.807) is 11.0 Å². The van der Waals surface area contributed by atoms with Crippen LogP contribution in [0.5, 0.6) is 0 Å². The molecule has 2 aromatic carbocycles. The Balaban J connectivity index is 0.00000280. The average Bonchev–Trinajstić information content (AvgIpc) is 2.64. The molecular formula is C20H24ClN3O3S. The van der Waals surface area contributed by atoms with Crippen LogP contribution in [0.2, 0.25) is 0 Å². The maximum absolute atomic E-state index is 13.2. The number of non-ortho nitro benzene ring substituents is 1. The molecule has 0 bridgehead atoms. The van der Waals surface area contributed by atoms with Gasteiger partial charge in [-0.1, -0.05) is 43.8 Å². The van der Waals surface area contributed by atoms with E-state index in [0.717, 1.165) is 11.3 Å². The molecule has 0 aromatic heterocycles. The summed E-state index contributed by atoms with van der Waals surface area (Å²) in [6.07, 6.45) is 0.717. The van der Waals surface area contributed by atoms with Gasteiger partial charge in [-0.25, -0.2) is 0 Å². The number of hydrogen-bond acceptors (Lipinski definition) is 5. The number of nitro benzene ring substituents is 1. The number of carbonyl (C=O) groups is 1. The first kappa shape index (κ1) is 22.2. The SMILES string of the molecule is CC1(C)CN(C(=O)c2cc([N+](=O)[O-])ccc2Sc2ccccc2)CCC1N.Cl. The van der Waals surface area contributed by atoms with E-state index in [9.17, 15) is 14.9 Å². The summed E-state index contributed by atoms with van der Waals surface area (Å²) in [5.41, 5.74) is 6.27. The van der Waals surface area contributed by atoms with Gasteiger partial charge in [-0.15, -0.1) is 12.4 Å². The van der Waals surface area contributed by atoms with Crippen molar-refractivity contribution in [1.82, 2.24) is 4.90 Å². The molecule has 1 atom stereocenters. The van der Waals surface area contributed by atoms with Gasteiger partial charge in [0.25, 0.3) is 11.6 Å². The summed E-state index contributed by atoms with van der Waals surface area (Å²) < 4.78 is 0. The molecule has 1 saturated heterocycles. The molecule has 1 amide bonds. The smallest absolute Gasteiger partial charge is 0.270 e. The second kappa shape index (κ2) is 8.94. The molecule has 1 aliphatic heterocycles. The number of hydrogen-bond donors (Lipinski definition) is 1. The highest BCUT2D eigenvalue weighted by molar-refractivity contribution is 7.99. The Bertz CT molecular complexity index is 861. The Labute approximate surface area is 175 Å². The van der Waals surface area contributed by atoms with Crippen LogP contribution in [0.4, 0.5) is 5.69 Å². The molecule has 0 aliphatic carbocycles. The fourth-order valence-corrected chi connectivity index (χ4v) is 4.16. The molecule has 8 heteroatoms. The van der Waals surface area contributed by atoms with Gasteiger partial charge in [0.05, 0.1) is 10.5 Å². The lowest BCUT2D eigenvalue weighted by Gasteiger charge is -2.42. The van der Waals surface area contributed by atoms with E-state index < -0.39 is 4.92 Å². The molecule has 150 valence electrons. The Morgan fingerprint density at radius 1 is 1.25 bits per heavy atom. The number of piperidine rings is 1. The number of nitro groups is 1. The third kappa shape index (κ3) is 4.84. The van der Waals surface area contributed by atoms with Crippen LogP contribution in [0.25, 0.3) is 0 Å². The predicted molar refractivity (Wildman–Crippen MR) is 113 cm³/mol. The first-order valence-corrected chi connectivity index (χ1v) is 9.66. The first-order chi connectivity index (χ1) is 12.8. The lowest BCUT2D eigenvalue weighted by molar-refractivity contribution is -0.384. The summed E-state index contributed by atoms with van der Waals surface area (Å²) >= 11 is 1.43. The van der Waals surface area contributed by atoms with Gasteiger partial charge in [-0.05, 0) is 30.0 Å². The van der Waals surface area contributed by atoms with E-state index in [1.165, 1.54) is 23.9 Å².